The second kappa shape index (κ2) is 5.37. The SMILES string of the molecule is N#C/C(=C\C=C\c1ccc(N)cc1)C(=O)O. The molecule has 0 atom stereocenters. The maximum atomic E-state index is 10.5. The monoisotopic (exact) mass is 214 g/mol. The predicted molar refractivity (Wildman–Crippen MR) is 61.2 cm³/mol. The summed E-state index contributed by atoms with van der Waals surface area (Å²) in [5.74, 6) is -1.23. The van der Waals surface area contributed by atoms with Gasteiger partial charge in [0.1, 0.15) is 11.6 Å². The van der Waals surface area contributed by atoms with E-state index in [1.165, 1.54) is 12.2 Å². The second-order valence-corrected chi connectivity index (χ2v) is 3.02. The lowest BCUT2D eigenvalue weighted by atomic mass is 10.2. The first kappa shape index (κ1) is 11.5. The molecule has 0 aromatic heterocycles. The third-order valence-corrected chi connectivity index (χ3v) is 1.84. The molecule has 0 fully saturated rings. The van der Waals surface area contributed by atoms with Crippen LogP contribution in [-0.2, 0) is 4.79 Å². The number of carboxylic acids is 1. The minimum atomic E-state index is -1.23. The van der Waals surface area contributed by atoms with Gasteiger partial charge in [-0.3, -0.25) is 0 Å². The molecule has 0 aliphatic carbocycles. The lowest BCUT2D eigenvalue weighted by Gasteiger charge is -1.93. The molecule has 0 bridgehead atoms. The number of nitrogen functional groups attached to an aromatic ring is 1. The fourth-order valence-corrected chi connectivity index (χ4v) is 1.02. The van der Waals surface area contributed by atoms with Crippen LogP contribution in [0.25, 0.3) is 6.08 Å². The summed E-state index contributed by atoms with van der Waals surface area (Å²) in [6, 6.07) is 8.67. The average Bonchev–Trinajstić information content (AvgIpc) is 2.26. The van der Waals surface area contributed by atoms with E-state index in [0.717, 1.165) is 5.56 Å². The van der Waals surface area contributed by atoms with Gasteiger partial charge in [-0.1, -0.05) is 24.3 Å². The summed E-state index contributed by atoms with van der Waals surface area (Å²) in [6.45, 7) is 0. The molecule has 0 saturated carbocycles. The lowest BCUT2D eigenvalue weighted by Crippen LogP contribution is -1.96. The van der Waals surface area contributed by atoms with Crippen LogP contribution < -0.4 is 5.73 Å². The van der Waals surface area contributed by atoms with Gasteiger partial charge in [0.2, 0.25) is 0 Å². The van der Waals surface area contributed by atoms with E-state index >= 15 is 0 Å². The minimum Gasteiger partial charge on any atom is -0.477 e. The highest BCUT2D eigenvalue weighted by atomic mass is 16.4. The highest BCUT2D eigenvalue weighted by Crippen LogP contribution is 2.07. The molecule has 0 aliphatic rings. The van der Waals surface area contributed by atoms with E-state index in [-0.39, 0.29) is 5.57 Å². The number of hydrogen-bond donors (Lipinski definition) is 2. The number of allylic oxidation sites excluding steroid dienone is 2. The van der Waals surface area contributed by atoms with Crippen LogP contribution in [0.1, 0.15) is 5.56 Å². The normalized spacial score (nSPS) is 11.3. The quantitative estimate of drug-likeness (QED) is 0.347. The van der Waals surface area contributed by atoms with Crippen LogP contribution >= 0.6 is 0 Å². The number of nitriles is 1. The van der Waals surface area contributed by atoms with Crippen LogP contribution in [0, 0.1) is 11.3 Å². The van der Waals surface area contributed by atoms with Crippen molar-refractivity contribution < 1.29 is 9.90 Å². The summed E-state index contributed by atoms with van der Waals surface area (Å²) in [5, 5.41) is 17.0. The topological polar surface area (TPSA) is 87.1 Å². The van der Waals surface area contributed by atoms with E-state index in [0.29, 0.717) is 5.69 Å². The molecule has 0 heterocycles. The number of carbonyl (C=O) groups is 1. The molecule has 0 radical (unpaired) electrons. The predicted octanol–water partition coefficient (Wildman–Crippen LogP) is 1.82. The number of anilines is 1. The van der Waals surface area contributed by atoms with Gasteiger partial charge in [-0.2, -0.15) is 5.26 Å². The molecule has 0 amide bonds. The Hall–Kier alpha value is -2.54. The summed E-state index contributed by atoms with van der Waals surface area (Å²) in [4.78, 5) is 10.5. The highest BCUT2D eigenvalue weighted by Gasteiger charge is 2.02. The van der Waals surface area contributed by atoms with E-state index in [2.05, 4.69) is 0 Å². The lowest BCUT2D eigenvalue weighted by molar-refractivity contribution is -0.132. The van der Waals surface area contributed by atoms with Crippen molar-refractivity contribution in [3.63, 3.8) is 0 Å². The van der Waals surface area contributed by atoms with E-state index in [1.807, 2.05) is 0 Å². The van der Waals surface area contributed by atoms with Crippen LogP contribution in [0.15, 0.2) is 42.0 Å². The van der Waals surface area contributed by atoms with Crippen molar-refractivity contribution in [2.45, 2.75) is 0 Å². The molecular formula is C12H10N2O2. The molecule has 0 saturated heterocycles. The zero-order chi connectivity index (χ0) is 12.0. The van der Waals surface area contributed by atoms with Crippen LogP contribution in [0.3, 0.4) is 0 Å². The van der Waals surface area contributed by atoms with E-state index in [1.54, 1.807) is 36.4 Å². The molecule has 0 spiro atoms. The fourth-order valence-electron chi connectivity index (χ4n) is 1.02. The fraction of sp³-hybridized carbons (Fsp3) is 0. The average molecular weight is 214 g/mol. The second-order valence-electron chi connectivity index (χ2n) is 3.02. The van der Waals surface area contributed by atoms with Gasteiger partial charge in [0.25, 0.3) is 0 Å². The Morgan fingerprint density at radius 2 is 2.00 bits per heavy atom. The van der Waals surface area contributed by atoms with Crippen molar-refractivity contribution >= 4 is 17.7 Å². The Morgan fingerprint density at radius 1 is 1.38 bits per heavy atom. The smallest absolute Gasteiger partial charge is 0.346 e. The molecule has 80 valence electrons. The van der Waals surface area contributed by atoms with Gasteiger partial charge in [-0.05, 0) is 23.8 Å². The Balaban J connectivity index is 2.79. The summed E-state index contributed by atoms with van der Waals surface area (Å²) in [6.07, 6.45) is 4.45. The number of hydrogen-bond acceptors (Lipinski definition) is 3. The Kier molecular flexibility index (Phi) is 3.87. The summed E-state index contributed by atoms with van der Waals surface area (Å²) in [7, 11) is 0. The van der Waals surface area contributed by atoms with Crippen LogP contribution in [0.5, 0.6) is 0 Å². The van der Waals surface area contributed by atoms with Crippen molar-refractivity contribution in [3.8, 4) is 6.07 Å². The molecule has 3 N–H and O–H groups in total. The maximum Gasteiger partial charge on any atom is 0.346 e. The first-order valence-corrected chi connectivity index (χ1v) is 4.51. The van der Waals surface area contributed by atoms with Crippen LogP contribution in [0.4, 0.5) is 5.69 Å². The molecular weight excluding hydrogens is 204 g/mol. The first-order chi connectivity index (χ1) is 7.63. The molecule has 4 heteroatoms. The summed E-state index contributed by atoms with van der Waals surface area (Å²) >= 11 is 0. The largest absolute Gasteiger partial charge is 0.477 e. The Labute approximate surface area is 92.9 Å². The number of benzene rings is 1. The number of rotatable bonds is 3. The molecule has 0 aliphatic heterocycles. The number of aliphatic carboxylic acids is 1. The van der Waals surface area contributed by atoms with Crippen molar-refractivity contribution in [2.75, 3.05) is 5.73 Å². The number of nitrogens with two attached hydrogens (primary N) is 1. The summed E-state index contributed by atoms with van der Waals surface area (Å²) in [5.41, 5.74) is 6.75. The Bertz CT molecular complexity index is 479. The van der Waals surface area contributed by atoms with Crippen molar-refractivity contribution in [1.29, 1.82) is 5.26 Å². The van der Waals surface area contributed by atoms with E-state index in [9.17, 15) is 4.79 Å². The van der Waals surface area contributed by atoms with E-state index in [4.69, 9.17) is 16.1 Å². The van der Waals surface area contributed by atoms with Gasteiger partial charge in [0, 0.05) is 5.69 Å². The zero-order valence-electron chi connectivity index (χ0n) is 8.42. The Morgan fingerprint density at radius 3 is 2.50 bits per heavy atom. The molecule has 16 heavy (non-hydrogen) atoms. The van der Waals surface area contributed by atoms with Gasteiger partial charge >= 0.3 is 5.97 Å². The number of carboxylic acid groups (broad SMARTS) is 1. The van der Waals surface area contributed by atoms with E-state index < -0.39 is 5.97 Å². The van der Waals surface area contributed by atoms with Gasteiger partial charge in [-0.15, -0.1) is 0 Å². The standard InChI is InChI=1S/C12H10N2O2/c13-8-10(12(15)16)3-1-2-9-4-6-11(14)7-5-9/h1-7H,14H2,(H,15,16)/b2-1+,10-3+. The van der Waals surface area contributed by atoms with Gasteiger partial charge in [0.05, 0.1) is 0 Å². The van der Waals surface area contributed by atoms with Crippen molar-refractivity contribution in [1.82, 2.24) is 0 Å². The highest BCUT2D eigenvalue weighted by molar-refractivity contribution is 5.91. The molecule has 4 nitrogen and oxygen atoms in total. The van der Waals surface area contributed by atoms with Crippen LogP contribution in [-0.4, -0.2) is 11.1 Å². The van der Waals surface area contributed by atoms with Crippen molar-refractivity contribution in [2.24, 2.45) is 0 Å². The third kappa shape index (κ3) is 3.31. The van der Waals surface area contributed by atoms with Gasteiger partial charge < -0.3 is 10.8 Å². The van der Waals surface area contributed by atoms with Gasteiger partial charge in [0.15, 0.2) is 0 Å². The van der Waals surface area contributed by atoms with Crippen LogP contribution in [0.2, 0.25) is 0 Å². The first-order valence-electron chi connectivity index (χ1n) is 4.51. The third-order valence-electron chi connectivity index (χ3n) is 1.84. The summed E-state index contributed by atoms with van der Waals surface area (Å²) < 4.78 is 0. The maximum absolute atomic E-state index is 10.5. The molecule has 0 unspecified atom stereocenters. The molecule has 1 rings (SSSR count). The number of nitrogens with zero attached hydrogens (tertiary/aromatic N) is 1. The zero-order valence-corrected chi connectivity index (χ0v) is 8.42. The van der Waals surface area contributed by atoms with Gasteiger partial charge in [-0.25, -0.2) is 4.79 Å². The minimum absolute atomic E-state index is 0.299. The molecule has 1 aromatic rings. The van der Waals surface area contributed by atoms with Crippen molar-refractivity contribution in [3.05, 3.63) is 47.6 Å². The molecule has 1 aromatic carbocycles.